The molecule has 6 nitrogen and oxygen atoms in total. The van der Waals surface area contributed by atoms with Gasteiger partial charge in [0, 0.05) is 17.5 Å². The zero-order valence-electron chi connectivity index (χ0n) is 21.8. The van der Waals surface area contributed by atoms with Crippen LogP contribution in [0.4, 0.5) is 10.1 Å². The highest BCUT2D eigenvalue weighted by Crippen LogP contribution is 2.44. The number of methoxy groups -OCH3 is 1. The van der Waals surface area contributed by atoms with Crippen molar-refractivity contribution in [3.63, 3.8) is 0 Å². The van der Waals surface area contributed by atoms with E-state index in [0.717, 1.165) is 22.0 Å². The Morgan fingerprint density at radius 3 is 2.45 bits per heavy atom. The van der Waals surface area contributed by atoms with Crippen LogP contribution < -0.4 is 10.1 Å². The molecule has 0 aliphatic carbocycles. The summed E-state index contributed by atoms with van der Waals surface area (Å²) in [6, 6.07) is 29.6. The number of fused-ring (bicyclic) bond motifs is 2. The minimum Gasteiger partial charge on any atom is -0.497 e. The number of carbonyl (C=O) groups is 2. The molecular weight excluding hydrogens is 505 g/mol. The van der Waals surface area contributed by atoms with Gasteiger partial charge in [0.2, 0.25) is 5.91 Å². The third kappa shape index (κ3) is 4.78. The van der Waals surface area contributed by atoms with Crippen LogP contribution in [0.5, 0.6) is 5.75 Å². The predicted molar refractivity (Wildman–Crippen MR) is 152 cm³/mol. The van der Waals surface area contributed by atoms with Crippen LogP contribution in [-0.2, 0) is 11.3 Å². The number of benzene rings is 4. The van der Waals surface area contributed by atoms with Crippen molar-refractivity contribution in [3.05, 3.63) is 137 Å². The van der Waals surface area contributed by atoms with Crippen molar-refractivity contribution in [1.29, 1.82) is 0 Å². The van der Waals surface area contributed by atoms with E-state index in [1.165, 1.54) is 12.1 Å². The zero-order chi connectivity index (χ0) is 27.6. The van der Waals surface area contributed by atoms with Gasteiger partial charge >= 0.3 is 0 Å². The number of para-hydroxylation sites is 1. The lowest BCUT2D eigenvalue weighted by molar-refractivity contribution is -0.119. The number of halogens is 1. The van der Waals surface area contributed by atoms with Crippen LogP contribution in [0.25, 0.3) is 10.9 Å². The van der Waals surface area contributed by atoms with Crippen molar-refractivity contribution >= 4 is 28.4 Å². The third-order valence-electron chi connectivity index (χ3n) is 7.30. The van der Waals surface area contributed by atoms with Crippen molar-refractivity contribution in [1.82, 2.24) is 9.88 Å². The van der Waals surface area contributed by atoms with E-state index in [2.05, 4.69) is 10.3 Å². The molecule has 0 bridgehead atoms. The van der Waals surface area contributed by atoms with E-state index in [9.17, 15) is 14.0 Å². The second kappa shape index (κ2) is 10.6. The lowest BCUT2D eigenvalue weighted by Crippen LogP contribution is -2.45. The predicted octanol–water partition coefficient (Wildman–Crippen LogP) is 6.50. The standard InChI is InChI=1S/C33H26FN3O3/c1-40-26-16-12-22(13-17-26)31-30(32(38)36-25-18-23-6-2-5-9-29(23)35-19-25)27-7-3-4-8-28(27)33(39)37(31)20-21-10-14-24(34)15-11-21/h2-19,30-31H,20H2,1H3,(H,36,38)/t30-,31+/m1/s1. The summed E-state index contributed by atoms with van der Waals surface area (Å²) in [5, 5.41) is 3.97. The minimum atomic E-state index is -0.728. The SMILES string of the molecule is COc1ccc([C@H]2[C@H](C(=O)Nc3cnc4ccccc4c3)c3ccccc3C(=O)N2Cc2ccc(F)cc2)cc1. The van der Waals surface area contributed by atoms with Gasteiger partial charge in [-0.05, 0) is 59.2 Å². The number of anilines is 1. The molecule has 2 amide bonds. The Bertz CT molecular complexity index is 1700. The van der Waals surface area contributed by atoms with Crippen LogP contribution in [0.2, 0.25) is 0 Å². The van der Waals surface area contributed by atoms with E-state index in [1.54, 1.807) is 42.5 Å². The third-order valence-corrected chi connectivity index (χ3v) is 7.30. The summed E-state index contributed by atoms with van der Waals surface area (Å²) in [6.07, 6.45) is 1.64. The number of hydrogen-bond acceptors (Lipinski definition) is 4. The summed E-state index contributed by atoms with van der Waals surface area (Å²) >= 11 is 0. The molecule has 1 N–H and O–H groups in total. The first-order chi connectivity index (χ1) is 19.5. The Morgan fingerprint density at radius 1 is 0.950 bits per heavy atom. The average Bonchev–Trinajstić information content (AvgIpc) is 2.99. The molecule has 0 spiro atoms. The highest BCUT2D eigenvalue weighted by Gasteiger charge is 2.44. The summed E-state index contributed by atoms with van der Waals surface area (Å²) in [5.74, 6) is -0.875. The van der Waals surface area contributed by atoms with Gasteiger partial charge in [0.05, 0.1) is 36.5 Å². The topological polar surface area (TPSA) is 71.5 Å². The first kappa shape index (κ1) is 25.2. The molecule has 0 unspecified atom stereocenters. The molecule has 1 aromatic heterocycles. The molecule has 40 heavy (non-hydrogen) atoms. The van der Waals surface area contributed by atoms with E-state index < -0.39 is 12.0 Å². The molecule has 2 heterocycles. The number of nitrogens with one attached hydrogen (secondary N) is 1. The molecular formula is C33H26FN3O3. The molecule has 1 aliphatic heterocycles. The van der Waals surface area contributed by atoms with Crippen molar-refractivity contribution < 1.29 is 18.7 Å². The maximum absolute atomic E-state index is 14.2. The lowest BCUT2D eigenvalue weighted by Gasteiger charge is -2.42. The van der Waals surface area contributed by atoms with Crippen molar-refractivity contribution in [2.45, 2.75) is 18.5 Å². The number of carbonyl (C=O) groups excluding carboxylic acids is 2. The van der Waals surface area contributed by atoms with E-state index in [1.807, 2.05) is 66.7 Å². The van der Waals surface area contributed by atoms with E-state index in [0.29, 0.717) is 22.6 Å². The fraction of sp³-hybridized carbons (Fsp3) is 0.121. The number of ether oxygens (including phenoxy) is 1. The van der Waals surface area contributed by atoms with Crippen LogP contribution in [-0.4, -0.2) is 28.8 Å². The molecule has 7 heteroatoms. The number of rotatable bonds is 6. The minimum absolute atomic E-state index is 0.197. The molecule has 6 rings (SSSR count). The number of pyridine rings is 1. The second-order valence-corrected chi connectivity index (χ2v) is 9.75. The van der Waals surface area contributed by atoms with E-state index >= 15 is 0 Å². The van der Waals surface area contributed by atoms with Gasteiger partial charge in [0.15, 0.2) is 0 Å². The van der Waals surface area contributed by atoms with Gasteiger partial charge in [-0.1, -0.05) is 60.7 Å². The van der Waals surface area contributed by atoms with Crippen molar-refractivity contribution in [2.75, 3.05) is 12.4 Å². The summed E-state index contributed by atoms with van der Waals surface area (Å²) in [7, 11) is 1.59. The molecule has 0 fully saturated rings. The first-order valence-electron chi connectivity index (χ1n) is 13.0. The Labute approximate surface area is 231 Å². The summed E-state index contributed by atoms with van der Waals surface area (Å²) in [5.41, 5.74) is 4.04. The summed E-state index contributed by atoms with van der Waals surface area (Å²) < 4.78 is 19.0. The Morgan fingerprint density at radius 2 is 1.68 bits per heavy atom. The van der Waals surface area contributed by atoms with Crippen molar-refractivity contribution in [3.8, 4) is 5.75 Å². The molecule has 4 aromatic carbocycles. The Hall–Kier alpha value is -5.04. The second-order valence-electron chi connectivity index (χ2n) is 9.75. The van der Waals surface area contributed by atoms with Crippen LogP contribution in [0.1, 0.15) is 39.0 Å². The van der Waals surface area contributed by atoms with E-state index in [4.69, 9.17) is 4.74 Å². The molecule has 1 aliphatic rings. The number of amides is 2. The monoisotopic (exact) mass is 531 g/mol. The Balaban J connectivity index is 1.46. The fourth-order valence-electron chi connectivity index (χ4n) is 5.37. The van der Waals surface area contributed by atoms with Crippen LogP contribution in [0.15, 0.2) is 109 Å². The van der Waals surface area contributed by atoms with E-state index in [-0.39, 0.29) is 24.2 Å². The smallest absolute Gasteiger partial charge is 0.255 e. The number of aromatic nitrogens is 1. The quantitative estimate of drug-likeness (QED) is 0.271. The highest BCUT2D eigenvalue weighted by molar-refractivity contribution is 6.04. The van der Waals surface area contributed by atoms with Crippen LogP contribution in [0, 0.1) is 5.82 Å². The lowest BCUT2D eigenvalue weighted by atomic mass is 9.79. The largest absolute Gasteiger partial charge is 0.497 e. The van der Waals surface area contributed by atoms with Gasteiger partial charge in [-0.3, -0.25) is 14.6 Å². The summed E-state index contributed by atoms with van der Waals surface area (Å²) in [4.78, 5) is 34.3. The molecule has 198 valence electrons. The first-order valence-corrected chi connectivity index (χ1v) is 13.0. The van der Waals surface area contributed by atoms with Crippen molar-refractivity contribution in [2.24, 2.45) is 0 Å². The maximum Gasteiger partial charge on any atom is 0.255 e. The van der Waals surface area contributed by atoms with Gasteiger partial charge < -0.3 is 15.0 Å². The molecule has 0 saturated carbocycles. The van der Waals surface area contributed by atoms with Crippen LogP contribution >= 0.6 is 0 Å². The van der Waals surface area contributed by atoms with Crippen LogP contribution in [0.3, 0.4) is 0 Å². The molecule has 2 atom stereocenters. The Kier molecular flexibility index (Phi) is 6.70. The molecule has 0 saturated heterocycles. The average molecular weight is 532 g/mol. The fourth-order valence-corrected chi connectivity index (χ4v) is 5.37. The number of hydrogen-bond donors (Lipinski definition) is 1. The van der Waals surface area contributed by atoms with Gasteiger partial charge in [0.25, 0.3) is 5.91 Å². The highest BCUT2D eigenvalue weighted by atomic mass is 19.1. The molecule has 5 aromatic rings. The van der Waals surface area contributed by atoms with Gasteiger partial charge in [-0.2, -0.15) is 0 Å². The maximum atomic E-state index is 14.2. The number of nitrogens with zero attached hydrogens (tertiary/aromatic N) is 2. The van der Waals surface area contributed by atoms with Gasteiger partial charge in [-0.25, -0.2) is 4.39 Å². The summed E-state index contributed by atoms with van der Waals surface area (Å²) in [6.45, 7) is 0.200. The normalized spacial score (nSPS) is 16.4. The van der Waals surface area contributed by atoms with Gasteiger partial charge in [-0.15, -0.1) is 0 Å². The zero-order valence-corrected chi connectivity index (χ0v) is 21.8. The van der Waals surface area contributed by atoms with Gasteiger partial charge in [0.1, 0.15) is 11.6 Å². The molecule has 0 radical (unpaired) electrons.